The standard InChI is InChI=1S/C21H20N2O7S/c1-26-12-4-5-13(15(8-12)27-2)20(25)22-21-23(11-19(24)28-3)14-9-16-17(10-18(14)31-21)30-7-6-29-16/h4-5,8-10H,6-7,11H2,1-3H3. The molecule has 0 spiro atoms. The lowest BCUT2D eigenvalue weighted by Gasteiger charge is -2.18. The van der Waals surface area contributed by atoms with E-state index in [2.05, 4.69) is 4.99 Å². The molecular formula is C21H20N2O7S. The molecule has 0 radical (unpaired) electrons. The number of carbonyl (C=O) groups excluding carboxylic acids is 2. The van der Waals surface area contributed by atoms with E-state index < -0.39 is 11.9 Å². The lowest BCUT2D eigenvalue weighted by atomic mass is 10.2. The van der Waals surface area contributed by atoms with E-state index in [1.165, 1.54) is 32.7 Å². The maximum Gasteiger partial charge on any atom is 0.325 e. The van der Waals surface area contributed by atoms with Crippen LogP contribution in [0.15, 0.2) is 35.3 Å². The van der Waals surface area contributed by atoms with Crippen molar-refractivity contribution in [2.45, 2.75) is 6.54 Å². The smallest absolute Gasteiger partial charge is 0.325 e. The molecule has 2 aromatic carbocycles. The van der Waals surface area contributed by atoms with Crippen LogP contribution in [0, 0.1) is 0 Å². The summed E-state index contributed by atoms with van der Waals surface area (Å²) in [7, 11) is 4.30. The Morgan fingerprint density at radius 3 is 2.48 bits per heavy atom. The van der Waals surface area contributed by atoms with E-state index in [0.717, 1.165) is 4.70 Å². The van der Waals surface area contributed by atoms with Gasteiger partial charge in [-0.1, -0.05) is 11.3 Å². The van der Waals surface area contributed by atoms with Gasteiger partial charge in [-0.3, -0.25) is 9.59 Å². The molecule has 3 aromatic rings. The average Bonchev–Trinajstić information content (AvgIpc) is 3.12. The van der Waals surface area contributed by atoms with Crippen molar-refractivity contribution in [2.24, 2.45) is 4.99 Å². The van der Waals surface area contributed by atoms with Crippen LogP contribution in [0.3, 0.4) is 0 Å². The molecule has 1 amide bonds. The Bertz CT molecular complexity index is 1230. The number of fused-ring (bicyclic) bond motifs is 2. The van der Waals surface area contributed by atoms with Crippen LogP contribution in [0.4, 0.5) is 0 Å². The van der Waals surface area contributed by atoms with Crippen molar-refractivity contribution in [2.75, 3.05) is 34.5 Å². The molecule has 0 N–H and O–H groups in total. The van der Waals surface area contributed by atoms with Gasteiger partial charge in [0.25, 0.3) is 5.91 Å². The molecule has 0 bridgehead atoms. The van der Waals surface area contributed by atoms with Crippen molar-refractivity contribution < 1.29 is 33.3 Å². The third-order valence-corrected chi connectivity index (χ3v) is 5.74. The first-order valence-electron chi connectivity index (χ1n) is 9.35. The minimum atomic E-state index is -0.512. The highest BCUT2D eigenvalue weighted by molar-refractivity contribution is 7.16. The van der Waals surface area contributed by atoms with Crippen molar-refractivity contribution in [3.8, 4) is 23.0 Å². The fourth-order valence-corrected chi connectivity index (χ4v) is 4.20. The highest BCUT2D eigenvalue weighted by Crippen LogP contribution is 2.35. The first kappa shape index (κ1) is 20.7. The van der Waals surface area contributed by atoms with Gasteiger partial charge in [-0.15, -0.1) is 0 Å². The number of rotatable bonds is 5. The highest BCUT2D eigenvalue weighted by Gasteiger charge is 2.19. The van der Waals surface area contributed by atoms with Gasteiger partial charge in [-0.2, -0.15) is 4.99 Å². The summed E-state index contributed by atoms with van der Waals surface area (Å²) in [5, 5.41) is 0. The average molecular weight is 444 g/mol. The number of hydrogen-bond acceptors (Lipinski definition) is 8. The predicted molar refractivity (Wildman–Crippen MR) is 112 cm³/mol. The number of aromatic nitrogens is 1. The van der Waals surface area contributed by atoms with Gasteiger partial charge in [0, 0.05) is 18.2 Å². The number of carbonyl (C=O) groups is 2. The van der Waals surface area contributed by atoms with Crippen molar-refractivity contribution in [1.82, 2.24) is 4.57 Å². The minimum Gasteiger partial charge on any atom is -0.497 e. The zero-order valence-corrected chi connectivity index (χ0v) is 18.0. The number of ether oxygens (including phenoxy) is 5. The van der Waals surface area contributed by atoms with Gasteiger partial charge in [-0.25, -0.2) is 0 Å². The SMILES string of the molecule is COC(=O)Cn1c(=NC(=O)c2ccc(OC)cc2OC)sc2cc3c(cc21)OCCO3. The molecule has 0 unspecified atom stereocenters. The molecule has 9 nitrogen and oxygen atoms in total. The molecule has 0 saturated heterocycles. The second kappa shape index (κ2) is 8.68. The van der Waals surface area contributed by atoms with Gasteiger partial charge in [0.05, 0.1) is 37.1 Å². The van der Waals surface area contributed by atoms with E-state index in [4.69, 9.17) is 23.7 Å². The third kappa shape index (κ3) is 4.06. The van der Waals surface area contributed by atoms with E-state index in [9.17, 15) is 9.59 Å². The molecule has 0 saturated carbocycles. The minimum absolute atomic E-state index is 0.109. The summed E-state index contributed by atoms with van der Waals surface area (Å²) in [5.41, 5.74) is 0.962. The zero-order valence-electron chi connectivity index (χ0n) is 17.2. The molecule has 2 heterocycles. The summed E-state index contributed by atoms with van der Waals surface area (Å²) in [6, 6.07) is 8.45. The van der Waals surface area contributed by atoms with Crippen LogP contribution < -0.4 is 23.7 Å². The number of methoxy groups -OCH3 is 3. The lowest BCUT2D eigenvalue weighted by molar-refractivity contribution is -0.141. The molecule has 10 heteroatoms. The Morgan fingerprint density at radius 1 is 1.06 bits per heavy atom. The van der Waals surface area contributed by atoms with Crippen LogP contribution >= 0.6 is 11.3 Å². The summed E-state index contributed by atoms with van der Waals surface area (Å²) < 4.78 is 29.0. The van der Waals surface area contributed by atoms with Gasteiger partial charge in [0.2, 0.25) is 0 Å². The van der Waals surface area contributed by atoms with Crippen LogP contribution in [-0.2, 0) is 16.1 Å². The summed E-state index contributed by atoms with van der Waals surface area (Å²) >= 11 is 1.26. The van der Waals surface area contributed by atoms with Crippen molar-refractivity contribution >= 4 is 33.4 Å². The fourth-order valence-electron chi connectivity index (χ4n) is 3.16. The Labute approximate surface area is 181 Å². The van der Waals surface area contributed by atoms with Crippen molar-refractivity contribution in [3.05, 3.63) is 40.7 Å². The maximum atomic E-state index is 13.0. The normalized spacial score (nSPS) is 13.2. The highest BCUT2D eigenvalue weighted by atomic mass is 32.1. The first-order valence-corrected chi connectivity index (χ1v) is 10.2. The van der Waals surface area contributed by atoms with E-state index in [-0.39, 0.29) is 12.1 Å². The van der Waals surface area contributed by atoms with E-state index in [1.807, 2.05) is 6.07 Å². The summed E-state index contributed by atoms with van der Waals surface area (Å²) in [5.74, 6) is 1.10. The topological polar surface area (TPSA) is 97.6 Å². The van der Waals surface area contributed by atoms with Crippen molar-refractivity contribution in [3.63, 3.8) is 0 Å². The van der Waals surface area contributed by atoms with E-state index in [0.29, 0.717) is 46.5 Å². The molecule has 4 rings (SSSR count). The van der Waals surface area contributed by atoms with Gasteiger partial charge >= 0.3 is 5.97 Å². The van der Waals surface area contributed by atoms with E-state index in [1.54, 1.807) is 28.8 Å². The van der Waals surface area contributed by atoms with Gasteiger partial charge in [-0.05, 0) is 12.1 Å². The second-order valence-corrected chi connectivity index (χ2v) is 7.50. The lowest BCUT2D eigenvalue weighted by Crippen LogP contribution is -2.22. The second-order valence-electron chi connectivity index (χ2n) is 6.49. The monoisotopic (exact) mass is 444 g/mol. The molecule has 162 valence electrons. The quantitative estimate of drug-likeness (QED) is 0.558. The third-order valence-electron chi connectivity index (χ3n) is 4.70. The van der Waals surface area contributed by atoms with Gasteiger partial charge in [0.1, 0.15) is 31.3 Å². The maximum absolute atomic E-state index is 13.0. The number of nitrogens with zero attached hydrogens (tertiary/aromatic N) is 2. The number of hydrogen-bond donors (Lipinski definition) is 0. The Kier molecular flexibility index (Phi) is 5.81. The number of esters is 1. The van der Waals surface area contributed by atoms with Gasteiger partial charge in [0.15, 0.2) is 16.3 Å². The molecule has 1 aliphatic heterocycles. The zero-order chi connectivity index (χ0) is 22.0. The molecular weight excluding hydrogens is 424 g/mol. The van der Waals surface area contributed by atoms with Crippen molar-refractivity contribution in [1.29, 1.82) is 0 Å². The number of thiazole rings is 1. The first-order chi connectivity index (χ1) is 15.0. The Hall–Kier alpha value is -3.53. The Morgan fingerprint density at radius 2 is 1.81 bits per heavy atom. The molecule has 1 aromatic heterocycles. The molecule has 0 aliphatic carbocycles. The number of benzene rings is 2. The summed E-state index contributed by atoms with van der Waals surface area (Å²) in [6.45, 7) is 0.785. The van der Waals surface area contributed by atoms with Crippen LogP contribution in [0.1, 0.15) is 10.4 Å². The van der Waals surface area contributed by atoms with Crippen LogP contribution in [0.25, 0.3) is 10.2 Å². The Balaban J connectivity index is 1.85. The molecule has 1 aliphatic rings. The van der Waals surface area contributed by atoms with Crippen LogP contribution in [-0.4, -0.2) is 51.0 Å². The van der Waals surface area contributed by atoms with Crippen LogP contribution in [0.2, 0.25) is 0 Å². The molecule has 0 atom stereocenters. The number of amides is 1. The van der Waals surface area contributed by atoms with E-state index >= 15 is 0 Å². The largest absolute Gasteiger partial charge is 0.497 e. The predicted octanol–water partition coefficient (Wildman–Crippen LogP) is 2.41. The molecule has 0 fully saturated rings. The van der Waals surface area contributed by atoms with Gasteiger partial charge < -0.3 is 28.3 Å². The fraction of sp³-hybridized carbons (Fsp3) is 0.286. The van der Waals surface area contributed by atoms with Crippen LogP contribution in [0.5, 0.6) is 23.0 Å². The molecule has 31 heavy (non-hydrogen) atoms. The summed E-state index contributed by atoms with van der Waals surface area (Å²) in [4.78, 5) is 29.6. The summed E-state index contributed by atoms with van der Waals surface area (Å²) in [6.07, 6.45) is 0.